The van der Waals surface area contributed by atoms with Gasteiger partial charge in [-0.15, -0.1) is 0 Å². The Morgan fingerprint density at radius 2 is 1.86 bits per heavy atom. The molecule has 6 atom stereocenters. The molecule has 1 N–H and O–H groups in total. The first-order chi connectivity index (χ1) is 10.2. The fourth-order valence-corrected chi connectivity index (χ4v) is 2.81. The third-order valence-corrected chi connectivity index (χ3v) is 3.88. The van der Waals surface area contributed by atoms with E-state index in [1.54, 1.807) is 7.11 Å². The summed E-state index contributed by atoms with van der Waals surface area (Å²) < 4.78 is 27.9. The van der Waals surface area contributed by atoms with Crippen molar-refractivity contribution < 1.29 is 28.8 Å². The van der Waals surface area contributed by atoms with Gasteiger partial charge in [0.1, 0.15) is 24.4 Å². The van der Waals surface area contributed by atoms with Gasteiger partial charge in [-0.2, -0.15) is 0 Å². The van der Waals surface area contributed by atoms with Crippen molar-refractivity contribution in [3.8, 4) is 0 Å². The maximum absolute atomic E-state index is 10.2. The van der Waals surface area contributed by atoms with Gasteiger partial charge in [-0.25, -0.2) is 0 Å². The Hall–Kier alpha value is -1.02. The van der Waals surface area contributed by atoms with E-state index in [1.807, 2.05) is 30.3 Å². The first-order valence-corrected chi connectivity index (χ1v) is 6.95. The van der Waals surface area contributed by atoms with Crippen molar-refractivity contribution in [1.82, 2.24) is 0 Å². The molecule has 1 aromatic rings. The van der Waals surface area contributed by atoms with E-state index in [9.17, 15) is 5.11 Å². The van der Waals surface area contributed by atoms with E-state index in [-0.39, 0.29) is 6.10 Å². The van der Waals surface area contributed by atoms with E-state index in [0.29, 0.717) is 6.61 Å². The molecule has 0 amide bonds. The number of hydrogen-bond donors (Lipinski definition) is 1. The molecule has 0 bridgehead atoms. The van der Waals surface area contributed by atoms with E-state index < -0.39 is 30.9 Å². The van der Waals surface area contributed by atoms with Crippen molar-refractivity contribution >= 4 is 0 Å². The predicted octanol–water partition coefficient (Wildman–Crippen LogP) is 0.848. The van der Waals surface area contributed by atoms with Crippen LogP contribution < -0.4 is 0 Å². The maximum Gasteiger partial charge on any atom is 0.186 e. The first-order valence-electron chi connectivity index (χ1n) is 6.95. The largest absolute Gasteiger partial charge is 0.385 e. The quantitative estimate of drug-likeness (QED) is 0.892. The van der Waals surface area contributed by atoms with E-state index in [2.05, 4.69) is 0 Å². The summed E-state index contributed by atoms with van der Waals surface area (Å²) in [4.78, 5) is 0. The Balaban J connectivity index is 1.77. The maximum atomic E-state index is 10.2. The normalized spacial score (nSPS) is 39.8. The minimum Gasteiger partial charge on any atom is -0.385 e. The lowest BCUT2D eigenvalue weighted by Gasteiger charge is -2.47. The summed E-state index contributed by atoms with van der Waals surface area (Å²) in [6.45, 7) is 0.358. The van der Waals surface area contributed by atoms with Crippen LogP contribution in [0.3, 0.4) is 0 Å². The third-order valence-electron chi connectivity index (χ3n) is 3.88. The van der Waals surface area contributed by atoms with Crippen LogP contribution in [0, 0.1) is 0 Å². The van der Waals surface area contributed by atoms with Gasteiger partial charge in [0, 0.05) is 19.8 Å². The zero-order chi connectivity index (χ0) is 14.8. The van der Waals surface area contributed by atoms with Gasteiger partial charge in [-0.1, -0.05) is 30.3 Å². The molecule has 0 radical (unpaired) electrons. The molecule has 2 heterocycles. The molecular formula is C15H20O6. The number of rotatable bonds is 3. The van der Waals surface area contributed by atoms with Gasteiger partial charge < -0.3 is 28.8 Å². The van der Waals surface area contributed by atoms with Crippen LogP contribution in [0.25, 0.3) is 0 Å². The number of methoxy groups -OCH3 is 2. The highest BCUT2D eigenvalue weighted by Crippen LogP contribution is 2.35. The van der Waals surface area contributed by atoms with Crippen molar-refractivity contribution in [3.05, 3.63) is 35.9 Å². The Morgan fingerprint density at radius 1 is 1.10 bits per heavy atom. The van der Waals surface area contributed by atoms with Crippen molar-refractivity contribution in [2.24, 2.45) is 0 Å². The minimum atomic E-state index is -0.907. The van der Waals surface area contributed by atoms with Crippen molar-refractivity contribution in [2.75, 3.05) is 20.8 Å². The summed E-state index contributed by atoms with van der Waals surface area (Å²) >= 11 is 0. The van der Waals surface area contributed by atoms with E-state index in [4.69, 9.17) is 23.7 Å². The molecule has 2 fully saturated rings. The second kappa shape index (κ2) is 6.39. The van der Waals surface area contributed by atoms with Crippen LogP contribution in [0.2, 0.25) is 0 Å². The highest BCUT2D eigenvalue weighted by Gasteiger charge is 2.49. The van der Waals surface area contributed by atoms with E-state index in [1.165, 1.54) is 7.11 Å². The second-order valence-corrected chi connectivity index (χ2v) is 5.15. The van der Waals surface area contributed by atoms with E-state index >= 15 is 0 Å². The molecule has 0 spiro atoms. The van der Waals surface area contributed by atoms with Crippen molar-refractivity contribution in [2.45, 2.75) is 37.0 Å². The molecular weight excluding hydrogens is 276 g/mol. The van der Waals surface area contributed by atoms with Gasteiger partial charge in [-0.3, -0.25) is 0 Å². The molecule has 21 heavy (non-hydrogen) atoms. The summed E-state index contributed by atoms with van der Waals surface area (Å²) in [7, 11) is 3.03. The topological polar surface area (TPSA) is 66.4 Å². The fraction of sp³-hybridized carbons (Fsp3) is 0.600. The molecule has 3 rings (SSSR count). The summed E-state index contributed by atoms with van der Waals surface area (Å²) in [6.07, 6.45) is -3.39. The highest BCUT2D eigenvalue weighted by atomic mass is 16.8. The zero-order valence-electron chi connectivity index (χ0n) is 12.0. The second-order valence-electron chi connectivity index (χ2n) is 5.15. The van der Waals surface area contributed by atoms with Gasteiger partial charge in [-0.05, 0) is 0 Å². The summed E-state index contributed by atoms with van der Waals surface area (Å²) in [5, 5.41) is 10.2. The number of aliphatic hydroxyl groups is 1. The molecule has 2 aliphatic heterocycles. The van der Waals surface area contributed by atoms with Crippen LogP contribution >= 0.6 is 0 Å². The lowest BCUT2D eigenvalue weighted by atomic mass is 9.97. The molecule has 6 nitrogen and oxygen atoms in total. The number of ether oxygens (including phenoxy) is 5. The molecule has 6 heteroatoms. The molecule has 116 valence electrons. The first kappa shape index (κ1) is 14.9. The van der Waals surface area contributed by atoms with Crippen LogP contribution in [0.4, 0.5) is 0 Å². The number of aliphatic hydroxyl groups excluding tert-OH is 1. The van der Waals surface area contributed by atoms with Crippen LogP contribution in [-0.4, -0.2) is 56.6 Å². The fourth-order valence-electron chi connectivity index (χ4n) is 2.81. The molecule has 1 unspecified atom stereocenters. The SMILES string of the molecule is CO[C@H]1O[C@@H]2COC(c3ccccc3)O[C@H]2[C@H](OC)[C@H]1O. The Kier molecular flexibility index (Phi) is 4.54. The van der Waals surface area contributed by atoms with Gasteiger partial charge in [0.05, 0.1) is 6.61 Å². The van der Waals surface area contributed by atoms with Crippen LogP contribution in [0.5, 0.6) is 0 Å². The Bertz CT molecular complexity index is 453. The molecule has 0 aliphatic carbocycles. The van der Waals surface area contributed by atoms with Crippen LogP contribution in [-0.2, 0) is 23.7 Å². The third kappa shape index (κ3) is 2.83. The van der Waals surface area contributed by atoms with E-state index in [0.717, 1.165) is 5.56 Å². The zero-order valence-corrected chi connectivity index (χ0v) is 12.0. The molecule has 1 aromatic carbocycles. The number of fused-ring (bicyclic) bond motifs is 1. The molecule has 2 saturated heterocycles. The summed E-state index contributed by atoms with van der Waals surface area (Å²) in [6, 6.07) is 9.66. The van der Waals surface area contributed by atoms with Crippen molar-refractivity contribution in [1.29, 1.82) is 0 Å². The summed E-state index contributed by atoms with van der Waals surface area (Å²) in [5.74, 6) is 0. The van der Waals surface area contributed by atoms with Gasteiger partial charge in [0.15, 0.2) is 12.6 Å². The van der Waals surface area contributed by atoms with Gasteiger partial charge >= 0.3 is 0 Å². The van der Waals surface area contributed by atoms with Crippen molar-refractivity contribution in [3.63, 3.8) is 0 Å². The molecule has 2 aliphatic rings. The number of benzene rings is 1. The average molecular weight is 296 g/mol. The number of hydrogen-bond acceptors (Lipinski definition) is 6. The standard InChI is InChI=1S/C15H20O6/c1-17-13-11(16)15(18-2)20-10-8-19-14(21-12(10)13)9-6-4-3-5-7-9/h3-7,10-16H,8H2,1-2H3/t10-,11-,12-,13-,14?,15+/m1/s1. The highest BCUT2D eigenvalue weighted by molar-refractivity contribution is 5.16. The molecule has 0 saturated carbocycles. The predicted molar refractivity (Wildman–Crippen MR) is 72.5 cm³/mol. The Morgan fingerprint density at radius 3 is 2.52 bits per heavy atom. The lowest BCUT2D eigenvalue weighted by Crippen LogP contribution is -2.62. The van der Waals surface area contributed by atoms with Gasteiger partial charge in [0.2, 0.25) is 0 Å². The average Bonchev–Trinajstić information content (AvgIpc) is 2.54. The lowest BCUT2D eigenvalue weighted by molar-refractivity contribution is -0.360. The monoisotopic (exact) mass is 296 g/mol. The van der Waals surface area contributed by atoms with Crippen LogP contribution in [0.15, 0.2) is 30.3 Å². The van der Waals surface area contributed by atoms with Gasteiger partial charge in [0.25, 0.3) is 0 Å². The van der Waals surface area contributed by atoms with Crippen LogP contribution in [0.1, 0.15) is 11.9 Å². The Labute approximate surface area is 123 Å². The minimum absolute atomic E-state index is 0.330. The smallest absolute Gasteiger partial charge is 0.186 e. The molecule has 0 aromatic heterocycles. The summed E-state index contributed by atoms with van der Waals surface area (Å²) in [5.41, 5.74) is 0.925.